The molecule has 0 aliphatic heterocycles. The van der Waals surface area contributed by atoms with Gasteiger partial charge in [0.1, 0.15) is 0 Å². The Morgan fingerprint density at radius 2 is 1.85 bits per heavy atom. The molecular formula is C15H13Cl2NOS. The molecule has 0 saturated heterocycles. The van der Waals surface area contributed by atoms with Crippen LogP contribution in [0.1, 0.15) is 5.56 Å². The second-order valence-corrected chi connectivity index (χ2v) is 5.98. The normalized spacial score (nSPS) is 10.3. The van der Waals surface area contributed by atoms with E-state index in [1.54, 1.807) is 30.0 Å². The van der Waals surface area contributed by atoms with Crippen LogP contribution in [0.2, 0.25) is 10.0 Å². The van der Waals surface area contributed by atoms with Gasteiger partial charge in [0.2, 0.25) is 5.91 Å². The summed E-state index contributed by atoms with van der Waals surface area (Å²) < 4.78 is 0. The predicted molar refractivity (Wildman–Crippen MR) is 87.7 cm³/mol. The summed E-state index contributed by atoms with van der Waals surface area (Å²) in [5.74, 6) is 1.09. The fraction of sp³-hybridized carbons (Fsp3) is 0.133. The van der Waals surface area contributed by atoms with E-state index in [1.165, 1.54) is 5.56 Å². The zero-order chi connectivity index (χ0) is 14.4. The summed E-state index contributed by atoms with van der Waals surface area (Å²) in [4.78, 5) is 11.8. The van der Waals surface area contributed by atoms with Crippen LogP contribution in [0, 0.1) is 0 Å². The summed E-state index contributed by atoms with van der Waals surface area (Å²) in [7, 11) is 0. The van der Waals surface area contributed by atoms with E-state index in [9.17, 15) is 4.79 Å². The molecular weight excluding hydrogens is 313 g/mol. The maximum Gasteiger partial charge on any atom is 0.234 e. The smallest absolute Gasteiger partial charge is 0.234 e. The number of benzene rings is 2. The van der Waals surface area contributed by atoms with Crippen LogP contribution in [0.15, 0.2) is 48.5 Å². The van der Waals surface area contributed by atoms with Crippen LogP contribution in [-0.4, -0.2) is 11.7 Å². The third-order valence-corrected chi connectivity index (χ3v) is 4.12. The van der Waals surface area contributed by atoms with Crippen LogP contribution in [0.25, 0.3) is 0 Å². The number of hydrogen-bond acceptors (Lipinski definition) is 2. The molecule has 0 aliphatic rings. The van der Waals surface area contributed by atoms with Crippen molar-refractivity contribution < 1.29 is 4.79 Å². The molecule has 0 spiro atoms. The fourth-order valence-electron chi connectivity index (χ4n) is 1.62. The maximum absolute atomic E-state index is 11.8. The second kappa shape index (κ2) is 7.58. The van der Waals surface area contributed by atoms with Crippen molar-refractivity contribution in [1.29, 1.82) is 0 Å². The monoisotopic (exact) mass is 325 g/mol. The van der Waals surface area contributed by atoms with Crippen LogP contribution >= 0.6 is 35.0 Å². The molecule has 1 amide bonds. The van der Waals surface area contributed by atoms with Gasteiger partial charge < -0.3 is 5.32 Å². The maximum atomic E-state index is 11.8. The van der Waals surface area contributed by atoms with Crippen LogP contribution in [0.4, 0.5) is 5.69 Å². The van der Waals surface area contributed by atoms with E-state index in [4.69, 9.17) is 23.2 Å². The Morgan fingerprint density at radius 1 is 1.10 bits per heavy atom. The van der Waals surface area contributed by atoms with Gasteiger partial charge in [0, 0.05) is 10.8 Å². The molecule has 104 valence electrons. The van der Waals surface area contributed by atoms with Crippen molar-refractivity contribution in [2.75, 3.05) is 11.1 Å². The molecule has 0 atom stereocenters. The molecule has 0 unspecified atom stereocenters. The molecule has 0 radical (unpaired) electrons. The van der Waals surface area contributed by atoms with E-state index in [-0.39, 0.29) is 5.91 Å². The van der Waals surface area contributed by atoms with E-state index in [0.717, 1.165) is 5.75 Å². The number of rotatable bonds is 5. The number of hydrogen-bond donors (Lipinski definition) is 1. The predicted octanol–water partition coefficient (Wildman–Crippen LogP) is 4.87. The van der Waals surface area contributed by atoms with Gasteiger partial charge in [0.05, 0.1) is 16.5 Å². The minimum atomic E-state index is -0.0879. The van der Waals surface area contributed by atoms with E-state index < -0.39 is 0 Å². The van der Waals surface area contributed by atoms with Crippen molar-refractivity contribution in [2.45, 2.75) is 5.75 Å². The summed E-state index contributed by atoms with van der Waals surface area (Å²) in [6.07, 6.45) is 0. The highest BCUT2D eigenvalue weighted by Gasteiger charge is 2.06. The van der Waals surface area contributed by atoms with Gasteiger partial charge in [-0.2, -0.15) is 0 Å². The van der Waals surface area contributed by atoms with E-state index in [1.807, 2.05) is 30.3 Å². The highest BCUT2D eigenvalue weighted by molar-refractivity contribution is 7.99. The Kier molecular flexibility index (Phi) is 5.77. The molecule has 20 heavy (non-hydrogen) atoms. The first-order chi connectivity index (χ1) is 9.65. The fourth-order valence-corrected chi connectivity index (χ4v) is 2.74. The molecule has 1 N–H and O–H groups in total. The molecule has 0 heterocycles. The summed E-state index contributed by atoms with van der Waals surface area (Å²) in [5, 5.41) is 3.79. The molecule has 2 rings (SSSR count). The largest absolute Gasteiger partial charge is 0.324 e. The Bertz CT molecular complexity index is 590. The first-order valence-electron chi connectivity index (χ1n) is 6.02. The van der Waals surface area contributed by atoms with Gasteiger partial charge in [-0.3, -0.25) is 4.79 Å². The number of thioether (sulfide) groups is 1. The van der Waals surface area contributed by atoms with Gasteiger partial charge >= 0.3 is 0 Å². The summed E-state index contributed by atoms with van der Waals surface area (Å²) in [6.45, 7) is 0. The lowest BCUT2D eigenvalue weighted by Crippen LogP contribution is -2.14. The number of amides is 1. The third kappa shape index (κ3) is 4.75. The lowest BCUT2D eigenvalue weighted by atomic mass is 10.2. The van der Waals surface area contributed by atoms with E-state index >= 15 is 0 Å². The molecule has 2 aromatic carbocycles. The molecule has 0 bridgehead atoms. The Labute approximate surface area is 132 Å². The molecule has 2 aromatic rings. The number of nitrogens with one attached hydrogen (secondary N) is 1. The third-order valence-electron chi connectivity index (χ3n) is 2.55. The number of carbonyl (C=O) groups is 1. The quantitative estimate of drug-likeness (QED) is 0.850. The minimum absolute atomic E-state index is 0.0879. The Hall–Kier alpha value is -1.16. The van der Waals surface area contributed by atoms with E-state index in [2.05, 4.69) is 5.32 Å². The summed E-state index contributed by atoms with van der Waals surface area (Å²) in [5.41, 5.74) is 1.75. The van der Waals surface area contributed by atoms with Gasteiger partial charge in [-0.05, 0) is 23.8 Å². The van der Waals surface area contributed by atoms with Crippen LogP contribution in [0.5, 0.6) is 0 Å². The first kappa shape index (κ1) is 15.2. The summed E-state index contributed by atoms with van der Waals surface area (Å²) >= 11 is 13.4. The van der Waals surface area contributed by atoms with Crippen molar-refractivity contribution in [3.05, 3.63) is 64.1 Å². The van der Waals surface area contributed by atoms with Crippen LogP contribution < -0.4 is 5.32 Å². The number of anilines is 1. The standard InChI is InChI=1S/C15H13Cl2NOS/c16-12-6-7-13(17)14(8-12)18-15(19)10-20-9-11-4-2-1-3-5-11/h1-8H,9-10H2,(H,18,19). The molecule has 0 aliphatic carbocycles. The molecule has 2 nitrogen and oxygen atoms in total. The van der Waals surface area contributed by atoms with Gasteiger partial charge in [-0.25, -0.2) is 0 Å². The zero-order valence-corrected chi connectivity index (χ0v) is 12.9. The van der Waals surface area contributed by atoms with Gasteiger partial charge in [-0.1, -0.05) is 53.5 Å². The van der Waals surface area contributed by atoms with Crippen molar-refractivity contribution in [1.82, 2.24) is 0 Å². The van der Waals surface area contributed by atoms with Gasteiger partial charge in [0.15, 0.2) is 0 Å². The SMILES string of the molecule is O=C(CSCc1ccccc1)Nc1cc(Cl)ccc1Cl. The second-order valence-electron chi connectivity index (χ2n) is 4.15. The summed E-state index contributed by atoms with van der Waals surface area (Å²) in [6, 6.07) is 15.0. The van der Waals surface area contributed by atoms with E-state index in [0.29, 0.717) is 21.5 Å². The highest BCUT2D eigenvalue weighted by atomic mass is 35.5. The van der Waals surface area contributed by atoms with Crippen molar-refractivity contribution in [3.63, 3.8) is 0 Å². The topological polar surface area (TPSA) is 29.1 Å². The van der Waals surface area contributed by atoms with Crippen LogP contribution in [0.3, 0.4) is 0 Å². The zero-order valence-electron chi connectivity index (χ0n) is 10.6. The lowest BCUT2D eigenvalue weighted by molar-refractivity contribution is -0.113. The minimum Gasteiger partial charge on any atom is -0.324 e. The van der Waals surface area contributed by atoms with Crippen molar-refractivity contribution >= 4 is 46.6 Å². The highest BCUT2D eigenvalue weighted by Crippen LogP contribution is 2.25. The van der Waals surface area contributed by atoms with Crippen LogP contribution in [-0.2, 0) is 10.5 Å². The number of halogens is 2. The average molecular weight is 326 g/mol. The first-order valence-corrected chi connectivity index (χ1v) is 7.93. The molecule has 5 heteroatoms. The lowest BCUT2D eigenvalue weighted by Gasteiger charge is -2.07. The molecule has 0 fully saturated rings. The number of carbonyl (C=O) groups excluding carboxylic acids is 1. The van der Waals surface area contributed by atoms with Crippen molar-refractivity contribution in [2.24, 2.45) is 0 Å². The molecule has 0 aromatic heterocycles. The van der Waals surface area contributed by atoms with Gasteiger partial charge in [0.25, 0.3) is 0 Å². The van der Waals surface area contributed by atoms with Gasteiger partial charge in [-0.15, -0.1) is 11.8 Å². The van der Waals surface area contributed by atoms with Crippen molar-refractivity contribution in [3.8, 4) is 0 Å². The Morgan fingerprint density at radius 3 is 2.60 bits per heavy atom. The Balaban J connectivity index is 1.82. The average Bonchev–Trinajstić information content (AvgIpc) is 2.44. The molecule has 0 saturated carbocycles.